The summed E-state index contributed by atoms with van der Waals surface area (Å²) in [5.74, 6) is -0.942. The first-order valence-electron chi connectivity index (χ1n) is 6.43. The van der Waals surface area contributed by atoms with E-state index in [1.165, 1.54) is 19.2 Å². The van der Waals surface area contributed by atoms with Crippen molar-refractivity contribution < 1.29 is 19.0 Å². The van der Waals surface area contributed by atoms with Crippen molar-refractivity contribution in [2.75, 3.05) is 12.4 Å². The van der Waals surface area contributed by atoms with Crippen molar-refractivity contribution in [3.63, 3.8) is 0 Å². The molecule has 0 bridgehead atoms. The molecular weight excluding hydrogens is 249 g/mol. The average Bonchev–Trinajstić information content (AvgIpc) is 2.41. The van der Waals surface area contributed by atoms with Crippen molar-refractivity contribution >= 4 is 11.7 Å². The summed E-state index contributed by atoms with van der Waals surface area (Å²) in [5, 5.41) is 12.3. The zero-order valence-electron chi connectivity index (χ0n) is 10.9. The number of halogens is 1. The van der Waals surface area contributed by atoms with E-state index in [1.807, 2.05) is 0 Å². The molecular formula is C14H18FNO3. The molecule has 1 aliphatic rings. The molecule has 0 saturated heterocycles. The number of methoxy groups -OCH3 is 1. The number of rotatable bonds is 4. The lowest BCUT2D eigenvalue weighted by Gasteiger charge is -2.28. The second-order valence-corrected chi connectivity index (χ2v) is 4.89. The highest BCUT2D eigenvalue weighted by Crippen LogP contribution is 2.31. The molecule has 1 fully saturated rings. The molecule has 0 aromatic heterocycles. The minimum atomic E-state index is -0.738. The van der Waals surface area contributed by atoms with E-state index in [1.54, 1.807) is 6.07 Å². The standard InChI is InChI=1S/C14H18FNO3/c1-19-13-8-10(15)5-6-12(13)16-11-4-2-3-9(7-11)14(17)18/h5-6,8-9,11,16H,2-4,7H2,1H3,(H,17,18). The number of hydrogen-bond donors (Lipinski definition) is 2. The second-order valence-electron chi connectivity index (χ2n) is 4.89. The molecule has 1 saturated carbocycles. The monoisotopic (exact) mass is 267 g/mol. The van der Waals surface area contributed by atoms with Gasteiger partial charge in [-0.3, -0.25) is 4.79 Å². The maximum absolute atomic E-state index is 13.1. The Morgan fingerprint density at radius 3 is 2.95 bits per heavy atom. The maximum atomic E-state index is 13.1. The number of carbonyl (C=O) groups is 1. The van der Waals surface area contributed by atoms with Gasteiger partial charge in [0.25, 0.3) is 0 Å². The Morgan fingerprint density at radius 2 is 2.26 bits per heavy atom. The maximum Gasteiger partial charge on any atom is 0.306 e. The molecule has 19 heavy (non-hydrogen) atoms. The van der Waals surface area contributed by atoms with Gasteiger partial charge in [-0.25, -0.2) is 4.39 Å². The third kappa shape index (κ3) is 3.36. The third-order valence-electron chi connectivity index (χ3n) is 3.55. The molecule has 1 aromatic rings. The highest BCUT2D eigenvalue weighted by molar-refractivity contribution is 5.70. The Hall–Kier alpha value is -1.78. The van der Waals surface area contributed by atoms with Crippen molar-refractivity contribution in [1.29, 1.82) is 0 Å². The van der Waals surface area contributed by atoms with Crippen LogP contribution in [0.15, 0.2) is 18.2 Å². The summed E-state index contributed by atoms with van der Waals surface area (Å²) in [6.07, 6.45) is 3.13. The number of ether oxygens (including phenoxy) is 1. The Labute approximate surface area is 111 Å². The van der Waals surface area contributed by atoms with E-state index in [0.29, 0.717) is 17.9 Å². The smallest absolute Gasteiger partial charge is 0.306 e. The summed E-state index contributed by atoms with van der Waals surface area (Å²) >= 11 is 0. The lowest BCUT2D eigenvalue weighted by atomic mass is 9.85. The zero-order chi connectivity index (χ0) is 13.8. The van der Waals surface area contributed by atoms with Crippen molar-refractivity contribution in [1.82, 2.24) is 0 Å². The van der Waals surface area contributed by atoms with Gasteiger partial charge in [-0.2, -0.15) is 0 Å². The number of carboxylic acids is 1. The van der Waals surface area contributed by atoms with Crippen molar-refractivity contribution in [2.24, 2.45) is 5.92 Å². The van der Waals surface area contributed by atoms with Crippen LogP contribution in [0.3, 0.4) is 0 Å². The largest absolute Gasteiger partial charge is 0.494 e. The fourth-order valence-corrected chi connectivity index (χ4v) is 2.55. The Bertz CT molecular complexity index is 464. The number of carboxylic acid groups (broad SMARTS) is 1. The van der Waals surface area contributed by atoms with E-state index in [0.717, 1.165) is 19.3 Å². The van der Waals surface area contributed by atoms with Crippen LogP contribution in [0.5, 0.6) is 5.75 Å². The van der Waals surface area contributed by atoms with Crippen LogP contribution in [-0.2, 0) is 4.79 Å². The number of anilines is 1. The average molecular weight is 267 g/mol. The van der Waals surface area contributed by atoms with Gasteiger partial charge < -0.3 is 15.2 Å². The molecule has 4 nitrogen and oxygen atoms in total. The fraction of sp³-hybridized carbons (Fsp3) is 0.500. The van der Waals surface area contributed by atoms with E-state index in [-0.39, 0.29) is 17.8 Å². The van der Waals surface area contributed by atoms with Crippen LogP contribution in [0.4, 0.5) is 10.1 Å². The molecule has 0 amide bonds. The summed E-state index contributed by atoms with van der Waals surface area (Å²) in [7, 11) is 1.49. The van der Waals surface area contributed by atoms with E-state index in [9.17, 15) is 9.18 Å². The molecule has 2 atom stereocenters. The first-order chi connectivity index (χ1) is 9.10. The number of nitrogens with one attached hydrogen (secondary N) is 1. The molecule has 1 aromatic carbocycles. The Morgan fingerprint density at radius 1 is 1.47 bits per heavy atom. The van der Waals surface area contributed by atoms with Crippen LogP contribution in [0.1, 0.15) is 25.7 Å². The number of benzene rings is 1. The number of aliphatic carboxylic acids is 1. The van der Waals surface area contributed by atoms with Crippen LogP contribution in [0.2, 0.25) is 0 Å². The van der Waals surface area contributed by atoms with Crippen molar-refractivity contribution in [3.05, 3.63) is 24.0 Å². The molecule has 104 valence electrons. The normalized spacial score (nSPS) is 22.8. The van der Waals surface area contributed by atoms with Crippen LogP contribution in [-0.4, -0.2) is 24.2 Å². The molecule has 2 N–H and O–H groups in total. The van der Waals surface area contributed by atoms with Gasteiger partial charge in [-0.15, -0.1) is 0 Å². The lowest BCUT2D eigenvalue weighted by molar-refractivity contribution is -0.142. The van der Waals surface area contributed by atoms with Gasteiger partial charge in [0.05, 0.1) is 18.7 Å². The van der Waals surface area contributed by atoms with E-state index in [4.69, 9.17) is 9.84 Å². The molecule has 5 heteroatoms. The quantitative estimate of drug-likeness (QED) is 0.880. The molecule has 2 unspecified atom stereocenters. The first kappa shape index (κ1) is 13.6. The van der Waals surface area contributed by atoms with Crippen LogP contribution >= 0.6 is 0 Å². The molecule has 0 radical (unpaired) electrons. The van der Waals surface area contributed by atoms with Crippen LogP contribution in [0, 0.1) is 11.7 Å². The first-order valence-corrected chi connectivity index (χ1v) is 6.43. The highest BCUT2D eigenvalue weighted by atomic mass is 19.1. The van der Waals surface area contributed by atoms with E-state index < -0.39 is 5.97 Å². The molecule has 0 aliphatic heterocycles. The van der Waals surface area contributed by atoms with Gasteiger partial charge in [-0.1, -0.05) is 6.42 Å². The predicted octanol–water partition coefficient (Wildman–Crippen LogP) is 2.89. The Balaban J connectivity index is 2.06. The Kier molecular flexibility index (Phi) is 4.24. The SMILES string of the molecule is COc1cc(F)ccc1NC1CCCC(C(=O)O)C1. The van der Waals surface area contributed by atoms with E-state index >= 15 is 0 Å². The number of hydrogen-bond acceptors (Lipinski definition) is 3. The van der Waals surface area contributed by atoms with Crippen LogP contribution in [0.25, 0.3) is 0 Å². The highest BCUT2D eigenvalue weighted by Gasteiger charge is 2.27. The van der Waals surface area contributed by atoms with Gasteiger partial charge in [-0.05, 0) is 31.4 Å². The minimum absolute atomic E-state index is 0.0919. The van der Waals surface area contributed by atoms with Crippen molar-refractivity contribution in [3.8, 4) is 5.75 Å². The summed E-state index contributed by atoms with van der Waals surface area (Å²) in [6.45, 7) is 0. The fourth-order valence-electron chi connectivity index (χ4n) is 2.55. The topological polar surface area (TPSA) is 58.6 Å². The van der Waals surface area contributed by atoms with Crippen molar-refractivity contribution in [2.45, 2.75) is 31.7 Å². The minimum Gasteiger partial charge on any atom is -0.494 e. The summed E-state index contributed by atoms with van der Waals surface area (Å²) in [5.41, 5.74) is 0.708. The molecule has 1 aliphatic carbocycles. The van der Waals surface area contributed by atoms with Gasteiger partial charge in [0.1, 0.15) is 11.6 Å². The van der Waals surface area contributed by atoms with Gasteiger partial charge in [0, 0.05) is 12.1 Å². The predicted molar refractivity (Wildman–Crippen MR) is 70.0 cm³/mol. The van der Waals surface area contributed by atoms with Gasteiger partial charge >= 0.3 is 5.97 Å². The zero-order valence-corrected chi connectivity index (χ0v) is 10.9. The van der Waals surface area contributed by atoms with Gasteiger partial charge in [0.15, 0.2) is 0 Å². The summed E-state index contributed by atoms with van der Waals surface area (Å²) in [6, 6.07) is 4.40. The summed E-state index contributed by atoms with van der Waals surface area (Å²) < 4.78 is 18.2. The summed E-state index contributed by atoms with van der Waals surface area (Å²) in [4.78, 5) is 11.0. The van der Waals surface area contributed by atoms with E-state index in [2.05, 4.69) is 5.32 Å². The van der Waals surface area contributed by atoms with Gasteiger partial charge in [0.2, 0.25) is 0 Å². The van der Waals surface area contributed by atoms with Crippen LogP contribution < -0.4 is 10.1 Å². The molecule has 2 rings (SSSR count). The lowest BCUT2D eigenvalue weighted by Crippen LogP contribution is -2.31. The third-order valence-corrected chi connectivity index (χ3v) is 3.55. The second kappa shape index (κ2) is 5.91. The molecule has 0 spiro atoms. The molecule has 0 heterocycles.